The van der Waals surface area contributed by atoms with Crippen LogP contribution in [-0.4, -0.2) is 0 Å². The van der Waals surface area contributed by atoms with Gasteiger partial charge in [-0.15, -0.1) is 0 Å². The Bertz CT molecular complexity index is 2260. The van der Waals surface area contributed by atoms with E-state index in [0.29, 0.717) is 0 Å². The summed E-state index contributed by atoms with van der Waals surface area (Å²) in [6.07, 6.45) is 0. The predicted octanol–water partition coefficient (Wildman–Crippen LogP) is 12.1. The Kier molecular flexibility index (Phi) is 7.20. The maximum atomic E-state index is 3.61. The molecule has 0 heteroatoms. The van der Waals surface area contributed by atoms with Crippen molar-refractivity contribution in [2.45, 2.75) is 0 Å². The van der Waals surface area contributed by atoms with Gasteiger partial charge in [0.1, 0.15) is 0 Å². The van der Waals surface area contributed by atoms with Gasteiger partial charge in [0, 0.05) is 11.1 Å². The average Bonchev–Trinajstić information content (AvgIpc) is 3.14. The van der Waals surface area contributed by atoms with Crippen LogP contribution in [0.4, 0.5) is 0 Å². The molecule has 8 aromatic rings. The van der Waals surface area contributed by atoms with Crippen molar-refractivity contribution in [3.8, 4) is 56.3 Å². The lowest BCUT2D eigenvalue weighted by Crippen LogP contribution is -1.92. The summed E-state index contributed by atoms with van der Waals surface area (Å²) in [5.74, 6) is 7.10. The second-order valence-corrected chi connectivity index (χ2v) is 11.6. The maximum absolute atomic E-state index is 3.61. The van der Waals surface area contributed by atoms with Gasteiger partial charge in [0.05, 0.1) is 0 Å². The monoisotopic (exact) mass is 582 g/mol. The first-order valence-corrected chi connectivity index (χ1v) is 15.7. The summed E-state index contributed by atoms with van der Waals surface area (Å²) in [6.45, 7) is 0. The van der Waals surface area contributed by atoms with Crippen LogP contribution in [0.5, 0.6) is 0 Å². The molecule has 0 aliphatic rings. The third-order valence-electron chi connectivity index (χ3n) is 8.69. The Labute approximate surface area is 270 Å². The van der Waals surface area contributed by atoms with Crippen molar-refractivity contribution < 1.29 is 0 Å². The third kappa shape index (κ3) is 5.26. The summed E-state index contributed by atoms with van der Waals surface area (Å²) < 4.78 is 0. The van der Waals surface area contributed by atoms with Gasteiger partial charge in [0.15, 0.2) is 0 Å². The topological polar surface area (TPSA) is 0 Å². The Hall–Kier alpha value is -6.16. The van der Waals surface area contributed by atoms with Crippen LogP contribution in [0.25, 0.3) is 66.1 Å². The van der Waals surface area contributed by atoms with Gasteiger partial charge in [-0.1, -0.05) is 164 Å². The van der Waals surface area contributed by atoms with Crippen molar-refractivity contribution in [3.05, 3.63) is 193 Å². The number of benzene rings is 8. The Morgan fingerprint density at radius 1 is 0.261 bits per heavy atom. The van der Waals surface area contributed by atoms with Gasteiger partial charge in [-0.3, -0.25) is 0 Å². The number of rotatable bonds is 4. The molecule has 0 amide bonds. The summed E-state index contributed by atoms with van der Waals surface area (Å²) in [6, 6.07) is 64.8. The highest BCUT2D eigenvalue weighted by Gasteiger charge is 2.16. The SMILES string of the molecule is C(#Cc1c2ccccc2c(-c2cc(-c3ccccc3)cc(-c3ccccc3)c2)c2ccccc12)c1ccc(-c2ccccc2)cc1. The molecule has 0 N–H and O–H groups in total. The zero-order chi connectivity index (χ0) is 30.7. The Morgan fingerprint density at radius 2 is 0.630 bits per heavy atom. The number of hydrogen-bond donors (Lipinski definition) is 0. The maximum Gasteiger partial charge on any atom is 0.0406 e. The van der Waals surface area contributed by atoms with E-state index in [1.807, 2.05) is 6.07 Å². The van der Waals surface area contributed by atoms with Crippen LogP contribution < -0.4 is 0 Å². The predicted molar refractivity (Wildman–Crippen MR) is 196 cm³/mol. The molecule has 0 aliphatic heterocycles. The van der Waals surface area contributed by atoms with Gasteiger partial charge in [-0.25, -0.2) is 0 Å². The first-order valence-electron chi connectivity index (χ1n) is 15.7. The van der Waals surface area contributed by atoms with E-state index < -0.39 is 0 Å². The Balaban J connectivity index is 1.33. The molecule has 0 heterocycles. The molecule has 0 fully saturated rings. The van der Waals surface area contributed by atoms with Crippen molar-refractivity contribution in [3.63, 3.8) is 0 Å². The summed E-state index contributed by atoms with van der Waals surface area (Å²) in [5, 5.41) is 4.73. The van der Waals surface area contributed by atoms with Crippen molar-refractivity contribution in [2.75, 3.05) is 0 Å². The smallest absolute Gasteiger partial charge is 0.0406 e. The van der Waals surface area contributed by atoms with E-state index in [0.717, 1.165) is 21.9 Å². The third-order valence-corrected chi connectivity index (χ3v) is 8.69. The van der Waals surface area contributed by atoms with Crippen LogP contribution >= 0.6 is 0 Å². The molecule has 214 valence electrons. The first kappa shape index (κ1) is 27.4. The second-order valence-electron chi connectivity index (χ2n) is 11.6. The molecule has 0 aromatic heterocycles. The van der Waals surface area contributed by atoms with Crippen molar-refractivity contribution in [1.82, 2.24) is 0 Å². The van der Waals surface area contributed by atoms with E-state index in [-0.39, 0.29) is 0 Å². The van der Waals surface area contributed by atoms with Crippen LogP contribution in [0.1, 0.15) is 11.1 Å². The molecule has 0 atom stereocenters. The molecule has 46 heavy (non-hydrogen) atoms. The zero-order valence-corrected chi connectivity index (χ0v) is 25.3. The number of hydrogen-bond acceptors (Lipinski definition) is 0. The van der Waals surface area contributed by atoms with Gasteiger partial charge < -0.3 is 0 Å². The molecule has 0 spiro atoms. The molecule has 0 nitrogen and oxygen atoms in total. The molecular formula is C46H30. The molecule has 0 saturated heterocycles. The molecule has 8 aromatic carbocycles. The van der Waals surface area contributed by atoms with Crippen LogP contribution in [0.3, 0.4) is 0 Å². The number of fused-ring (bicyclic) bond motifs is 2. The van der Waals surface area contributed by atoms with E-state index in [1.54, 1.807) is 0 Å². The van der Waals surface area contributed by atoms with Crippen LogP contribution in [0.2, 0.25) is 0 Å². The largest absolute Gasteiger partial charge is 0.0622 e. The van der Waals surface area contributed by atoms with Crippen molar-refractivity contribution in [1.29, 1.82) is 0 Å². The van der Waals surface area contributed by atoms with Crippen molar-refractivity contribution in [2.24, 2.45) is 0 Å². The van der Waals surface area contributed by atoms with E-state index in [9.17, 15) is 0 Å². The Morgan fingerprint density at radius 3 is 1.11 bits per heavy atom. The molecular weight excluding hydrogens is 553 g/mol. The minimum atomic E-state index is 1.000. The summed E-state index contributed by atoms with van der Waals surface area (Å²) in [5.41, 5.74) is 11.7. The fraction of sp³-hybridized carbons (Fsp3) is 0. The second kappa shape index (κ2) is 12.1. The quantitative estimate of drug-likeness (QED) is 0.143. The summed E-state index contributed by atoms with van der Waals surface area (Å²) in [7, 11) is 0. The molecule has 8 rings (SSSR count). The van der Waals surface area contributed by atoms with Gasteiger partial charge in [-0.2, -0.15) is 0 Å². The lowest BCUT2D eigenvalue weighted by Gasteiger charge is -2.17. The normalized spacial score (nSPS) is 10.9. The average molecular weight is 583 g/mol. The van der Waals surface area contributed by atoms with Gasteiger partial charge in [0.25, 0.3) is 0 Å². The molecule has 0 radical (unpaired) electrons. The highest BCUT2D eigenvalue weighted by atomic mass is 14.2. The summed E-state index contributed by atoms with van der Waals surface area (Å²) >= 11 is 0. The van der Waals surface area contributed by atoms with Gasteiger partial charge >= 0.3 is 0 Å². The summed E-state index contributed by atoms with van der Waals surface area (Å²) in [4.78, 5) is 0. The lowest BCUT2D eigenvalue weighted by molar-refractivity contribution is 1.58. The minimum absolute atomic E-state index is 1.000. The molecule has 0 unspecified atom stereocenters. The van der Waals surface area contributed by atoms with Crippen LogP contribution in [-0.2, 0) is 0 Å². The fourth-order valence-electron chi connectivity index (χ4n) is 6.45. The lowest BCUT2D eigenvalue weighted by atomic mass is 9.86. The minimum Gasteiger partial charge on any atom is -0.0622 e. The van der Waals surface area contributed by atoms with Gasteiger partial charge in [0.2, 0.25) is 0 Å². The molecule has 0 aliphatic carbocycles. The molecule has 0 saturated carbocycles. The van der Waals surface area contributed by atoms with E-state index in [1.165, 1.54) is 55.3 Å². The van der Waals surface area contributed by atoms with Crippen LogP contribution in [0.15, 0.2) is 182 Å². The van der Waals surface area contributed by atoms with E-state index in [2.05, 4.69) is 188 Å². The van der Waals surface area contributed by atoms with Crippen LogP contribution in [0, 0.1) is 11.8 Å². The van der Waals surface area contributed by atoms with Crippen molar-refractivity contribution >= 4 is 21.5 Å². The molecule has 0 bridgehead atoms. The standard InChI is InChI=1S/C46H30/c1-4-14-34(15-5-1)37-27-24-33(25-28-37)26-29-43-41-20-10-12-22-44(41)46(45-23-13-11-21-42(43)45)40-31-38(35-16-6-2-7-17-35)30-39(32-40)36-18-8-3-9-19-36/h1-25,27-28,30-32H. The first-order chi connectivity index (χ1) is 22.8. The highest BCUT2D eigenvalue weighted by molar-refractivity contribution is 6.16. The van der Waals surface area contributed by atoms with E-state index in [4.69, 9.17) is 0 Å². The van der Waals surface area contributed by atoms with Gasteiger partial charge in [-0.05, 0) is 96.4 Å². The van der Waals surface area contributed by atoms with E-state index >= 15 is 0 Å². The fourth-order valence-corrected chi connectivity index (χ4v) is 6.45. The zero-order valence-electron chi connectivity index (χ0n) is 25.3. The highest BCUT2D eigenvalue weighted by Crippen LogP contribution is 2.42.